The molecule has 1 aliphatic carbocycles. The van der Waals surface area contributed by atoms with Crippen molar-refractivity contribution in [1.29, 1.82) is 0 Å². The molecule has 0 fully saturated rings. The number of aryl methyl sites for hydroxylation is 1. The van der Waals surface area contributed by atoms with E-state index in [2.05, 4.69) is 63.2 Å². The zero-order valence-corrected chi connectivity index (χ0v) is 11.5. The van der Waals surface area contributed by atoms with Crippen molar-refractivity contribution in [2.45, 2.75) is 39.0 Å². The largest absolute Gasteiger partial charge is 0.0844 e. The van der Waals surface area contributed by atoms with E-state index >= 15 is 0 Å². The van der Waals surface area contributed by atoms with Crippen molar-refractivity contribution in [1.82, 2.24) is 0 Å². The molecule has 92 valence electrons. The van der Waals surface area contributed by atoms with Crippen LogP contribution in [0.2, 0.25) is 0 Å². The molecule has 0 atom stereocenters. The lowest BCUT2D eigenvalue weighted by molar-refractivity contribution is 0.627. The first kappa shape index (κ1) is 11.5. The molecule has 0 bridgehead atoms. The van der Waals surface area contributed by atoms with E-state index in [0.717, 1.165) is 0 Å². The summed E-state index contributed by atoms with van der Waals surface area (Å²) in [5, 5.41) is 2.79. The van der Waals surface area contributed by atoms with Gasteiger partial charge in [-0.3, -0.25) is 0 Å². The summed E-state index contributed by atoms with van der Waals surface area (Å²) in [5.41, 5.74) is 4.70. The van der Waals surface area contributed by atoms with Gasteiger partial charge >= 0.3 is 0 Å². The van der Waals surface area contributed by atoms with Gasteiger partial charge in [-0.15, -0.1) is 0 Å². The highest BCUT2D eigenvalue weighted by atomic mass is 14.3. The number of rotatable bonds is 0. The lowest BCUT2D eigenvalue weighted by Gasteiger charge is -2.29. The molecule has 1 aliphatic rings. The molecule has 0 heteroatoms. The molecule has 0 N–H and O–H groups in total. The fourth-order valence-corrected chi connectivity index (χ4v) is 3.16. The number of hydrogen-bond acceptors (Lipinski definition) is 0. The van der Waals surface area contributed by atoms with Crippen LogP contribution in [0.4, 0.5) is 0 Å². The Morgan fingerprint density at radius 1 is 1.00 bits per heavy atom. The maximum Gasteiger partial charge on any atom is 0.0111 e. The smallest absolute Gasteiger partial charge is 0.0111 e. The zero-order chi connectivity index (χ0) is 12.8. The van der Waals surface area contributed by atoms with Gasteiger partial charge in [0.05, 0.1) is 0 Å². The highest BCUT2D eigenvalue weighted by Crippen LogP contribution is 2.40. The van der Waals surface area contributed by atoms with Crippen LogP contribution >= 0.6 is 0 Å². The van der Waals surface area contributed by atoms with Crippen LogP contribution in [-0.4, -0.2) is 0 Å². The Balaban J connectivity index is 2.40. The molecule has 0 saturated heterocycles. The highest BCUT2D eigenvalue weighted by molar-refractivity contribution is 5.88. The Morgan fingerprint density at radius 3 is 2.61 bits per heavy atom. The van der Waals surface area contributed by atoms with E-state index in [4.69, 9.17) is 0 Å². The zero-order valence-electron chi connectivity index (χ0n) is 11.5. The standard InChI is InChI=1S/C18H20/c1-13-7-6-9-15-12-11-14-8-4-5-10-16(14)17(15)18(13,2)3/h4-5,7-8,10-12H,6,9H2,1-3H3. The van der Waals surface area contributed by atoms with E-state index in [0.29, 0.717) is 0 Å². The van der Waals surface area contributed by atoms with Gasteiger partial charge in [0.25, 0.3) is 0 Å². The first-order valence-corrected chi connectivity index (χ1v) is 6.79. The molecular weight excluding hydrogens is 216 g/mol. The summed E-state index contributed by atoms with van der Waals surface area (Å²) in [5.74, 6) is 0. The van der Waals surface area contributed by atoms with Crippen molar-refractivity contribution in [3.8, 4) is 0 Å². The second-order valence-corrected chi connectivity index (χ2v) is 5.87. The molecule has 2 aromatic carbocycles. The highest BCUT2D eigenvalue weighted by Gasteiger charge is 2.28. The van der Waals surface area contributed by atoms with Crippen molar-refractivity contribution in [2.75, 3.05) is 0 Å². The van der Waals surface area contributed by atoms with Crippen molar-refractivity contribution in [3.05, 3.63) is 59.2 Å². The Morgan fingerprint density at radius 2 is 1.78 bits per heavy atom. The van der Waals surface area contributed by atoms with Crippen LogP contribution in [0.25, 0.3) is 10.8 Å². The SMILES string of the molecule is CC1=CCCc2ccc3ccccc3c2C1(C)C. The molecular formula is C18H20. The van der Waals surface area contributed by atoms with Crippen LogP contribution in [0, 0.1) is 0 Å². The normalized spacial score (nSPS) is 18.1. The quantitative estimate of drug-likeness (QED) is 0.564. The predicted octanol–water partition coefficient (Wildman–Crippen LogP) is 5.01. The van der Waals surface area contributed by atoms with E-state index in [1.54, 1.807) is 0 Å². The third-order valence-electron chi connectivity index (χ3n) is 4.49. The lowest BCUT2D eigenvalue weighted by atomic mass is 9.75. The third-order valence-corrected chi connectivity index (χ3v) is 4.49. The fraction of sp³-hybridized carbons (Fsp3) is 0.333. The van der Waals surface area contributed by atoms with Gasteiger partial charge in [-0.25, -0.2) is 0 Å². The first-order chi connectivity index (χ1) is 8.60. The molecule has 0 aliphatic heterocycles. The summed E-state index contributed by atoms with van der Waals surface area (Å²) in [4.78, 5) is 0. The van der Waals surface area contributed by atoms with E-state index in [9.17, 15) is 0 Å². The first-order valence-electron chi connectivity index (χ1n) is 6.79. The van der Waals surface area contributed by atoms with Gasteiger partial charge in [-0.2, -0.15) is 0 Å². The molecule has 3 rings (SSSR count). The monoisotopic (exact) mass is 236 g/mol. The van der Waals surface area contributed by atoms with Gasteiger partial charge < -0.3 is 0 Å². The van der Waals surface area contributed by atoms with E-state index in [1.165, 1.54) is 40.3 Å². The number of benzene rings is 2. The van der Waals surface area contributed by atoms with Gasteiger partial charge in [0.15, 0.2) is 0 Å². The van der Waals surface area contributed by atoms with Crippen molar-refractivity contribution < 1.29 is 0 Å². The van der Waals surface area contributed by atoms with Crippen LogP contribution in [0.5, 0.6) is 0 Å². The fourth-order valence-electron chi connectivity index (χ4n) is 3.16. The molecule has 2 aromatic rings. The average Bonchev–Trinajstić information content (AvgIpc) is 2.48. The molecule has 0 nitrogen and oxygen atoms in total. The lowest BCUT2D eigenvalue weighted by Crippen LogP contribution is -2.20. The van der Waals surface area contributed by atoms with E-state index in [1.807, 2.05) is 0 Å². The summed E-state index contributed by atoms with van der Waals surface area (Å²) in [6.45, 7) is 6.99. The Hall–Kier alpha value is -1.56. The summed E-state index contributed by atoms with van der Waals surface area (Å²) in [6, 6.07) is 13.4. The minimum Gasteiger partial charge on any atom is -0.0844 e. The molecule has 18 heavy (non-hydrogen) atoms. The molecule has 0 unspecified atom stereocenters. The molecule has 0 aromatic heterocycles. The predicted molar refractivity (Wildman–Crippen MR) is 79.1 cm³/mol. The van der Waals surface area contributed by atoms with Crippen LogP contribution in [0.15, 0.2) is 48.0 Å². The van der Waals surface area contributed by atoms with Crippen LogP contribution in [0.3, 0.4) is 0 Å². The minimum absolute atomic E-state index is 0.146. The Labute approximate surface area is 109 Å². The van der Waals surface area contributed by atoms with Crippen LogP contribution < -0.4 is 0 Å². The van der Waals surface area contributed by atoms with Gasteiger partial charge in [0.1, 0.15) is 0 Å². The van der Waals surface area contributed by atoms with E-state index in [-0.39, 0.29) is 5.41 Å². The van der Waals surface area contributed by atoms with E-state index < -0.39 is 0 Å². The summed E-state index contributed by atoms with van der Waals surface area (Å²) < 4.78 is 0. The molecule has 0 heterocycles. The molecule has 0 saturated carbocycles. The van der Waals surface area contributed by atoms with Crippen molar-refractivity contribution in [2.24, 2.45) is 0 Å². The van der Waals surface area contributed by atoms with Gasteiger partial charge in [-0.05, 0) is 41.7 Å². The third kappa shape index (κ3) is 1.59. The maximum absolute atomic E-state index is 2.41. The molecule has 0 amide bonds. The Kier molecular flexibility index (Phi) is 2.55. The summed E-state index contributed by atoms with van der Waals surface area (Å²) in [6.07, 6.45) is 4.75. The second kappa shape index (κ2) is 3.98. The number of allylic oxidation sites excluding steroid dienone is 2. The van der Waals surface area contributed by atoms with Crippen molar-refractivity contribution >= 4 is 10.8 Å². The molecule has 0 spiro atoms. The van der Waals surface area contributed by atoms with Gasteiger partial charge in [0, 0.05) is 5.41 Å². The Bertz CT molecular complexity index is 630. The topological polar surface area (TPSA) is 0 Å². The molecule has 0 radical (unpaired) electrons. The number of hydrogen-bond donors (Lipinski definition) is 0. The van der Waals surface area contributed by atoms with Crippen LogP contribution in [0.1, 0.15) is 38.3 Å². The van der Waals surface area contributed by atoms with Gasteiger partial charge in [0.2, 0.25) is 0 Å². The van der Waals surface area contributed by atoms with Crippen molar-refractivity contribution in [3.63, 3.8) is 0 Å². The minimum atomic E-state index is 0.146. The summed E-state index contributed by atoms with van der Waals surface area (Å²) >= 11 is 0. The van der Waals surface area contributed by atoms with Gasteiger partial charge in [-0.1, -0.05) is 61.9 Å². The maximum atomic E-state index is 2.41. The second-order valence-electron chi connectivity index (χ2n) is 5.87. The number of fused-ring (bicyclic) bond motifs is 3. The summed E-state index contributed by atoms with van der Waals surface area (Å²) in [7, 11) is 0. The average molecular weight is 236 g/mol. The van der Waals surface area contributed by atoms with Crippen LogP contribution in [-0.2, 0) is 11.8 Å².